The highest BCUT2D eigenvalue weighted by molar-refractivity contribution is 5.96. The van der Waals surface area contributed by atoms with Crippen LogP contribution in [0.25, 0.3) is 0 Å². The molecule has 5 nitrogen and oxygen atoms in total. The van der Waals surface area contributed by atoms with Crippen molar-refractivity contribution in [2.45, 2.75) is 40.0 Å². The first-order valence-corrected chi connectivity index (χ1v) is 10.5. The van der Waals surface area contributed by atoms with Gasteiger partial charge >= 0.3 is 0 Å². The van der Waals surface area contributed by atoms with Gasteiger partial charge in [0.1, 0.15) is 0 Å². The lowest BCUT2D eigenvalue weighted by atomic mass is 9.99. The fourth-order valence-electron chi connectivity index (χ4n) is 3.87. The molecular weight excluding hydrogens is 362 g/mol. The zero-order valence-corrected chi connectivity index (χ0v) is 17.6. The van der Waals surface area contributed by atoms with E-state index in [0.29, 0.717) is 11.5 Å². The van der Waals surface area contributed by atoms with Crippen molar-refractivity contribution < 1.29 is 9.59 Å². The van der Waals surface area contributed by atoms with E-state index in [1.807, 2.05) is 54.3 Å². The highest BCUT2D eigenvalue weighted by Crippen LogP contribution is 2.21. The minimum absolute atomic E-state index is 0.0900. The third-order valence-electron chi connectivity index (χ3n) is 5.53. The number of benzene rings is 2. The Morgan fingerprint density at radius 1 is 1.14 bits per heavy atom. The number of amides is 2. The van der Waals surface area contributed by atoms with E-state index >= 15 is 0 Å². The van der Waals surface area contributed by atoms with E-state index < -0.39 is 0 Å². The Balaban J connectivity index is 1.59. The maximum Gasteiger partial charge on any atom is 0.253 e. The molecule has 29 heavy (non-hydrogen) atoms. The highest BCUT2D eigenvalue weighted by Gasteiger charge is 2.22. The zero-order chi connectivity index (χ0) is 20.8. The lowest BCUT2D eigenvalue weighted by Crippen LogP contribution is -2.39. The molecule has 2 aromatic carbocycles. The number of anilines is 2. The Labute approximate surface area is 173 Å². The number of carbonyl (C=O) groups is 2. The summed E-state index contributed by atoms with van der Waals surface area (Å²) in [7, 11) is 0. The van der Waals surface area contributed by atoms with E-state index in [9.17, 15) is 9.59 Å². The maximum atomic E-state index is 12.8. The summed E-state index contributed by atoms with van der Waals surface area (Å²) in [5.74, 6) is 0.568. The van der Waals surface area contributed by atoms with Gasteiger partial charge in [0.25, 0.3) is 5.91 Å². The zero-order valence-electron chi connectivity index (χ0n) is 17.6. The van der Waals surface area contributed by atoms with Crippen LogP contribution in [0.3, 0.4) is 0 Å². The number of nitrogens with zero attached hydrogens (tertiary/aromatic N) is 1. The molecule has 1 unspecified atom stereocenters. The Morgan fingerprint density at radius 3 is 2.66 bits per heavy atom. The van der Waals surface area contributed by atoms with Gasteiger partial charge in [-0.3, -0.25) is 9.59 Å². The predicted octanol–water partition coefficient (Wildman–Crippen LogP) is 4.48. The fraction of sp³-hybridized carbons (Fsp3) is 0.417. The summed E-state index contributed by atoms with van der Waals surface area (Å²) in [6.07, 6.45) is 3.13. The van der Waals surface area contributed by atoms with E-state index in [0.717, 1.165) is 48.4 Å². The van der Waals surface area contributed by atoms with Crippen molar-refractivity contribution in [3.63, 3.8) is 0 Å². The van der Waals surface area contributed by atoms with E-state index in [1.54, 1.807) is 0 Å². The standard InChI is InChI=1S/C24H31N3O2/c1-4-19-9-5-6-10-22(19)26-23(28)15-25-21-12-11-20(14-18(21)3)24(29)27-13-7-8-17(2)16-27/h5-6,9-12,14,17,25H,4,7-8,13,15-16H2,1-3H3,(H,26,28). The number of rotatable bonds is 6. The number of para-hydroxylation sites is 1. The Bertz CT molecular complexity index is 878. The van der Waals surface area contributed by atoms with Crippen molar-refractivity contribution in [2.24, 2.45) is 5.92 Å². The molecule has 1 aliphatic rings. The molecule has 2 amide bonds. The van der Waals surface area contributed by atoms with E-state index in [1.165, 1.54) is 6.42 Å². The number of aryl methyl sites for hydroxylation is 2. The smallest absolute Gasteiger partial charge is 0.253 e. The first-order valence-electron chi connectivity index (χ1n) is 10.5. The Morgan fingerprint density at radius 2 is 1.93 bits per heavy atom. The van der Waals surface area contributed by atoms with Crippen molar-refractivity contribution in [2.75, 3.05) is 30.3 Å². The Hall–Kier alpha value is -2.82. The second-order valence-electron chi connectivity index (χ2n) is 7.94. The van der Waals surface area contributed by atoms with Gasteiger partial charge in [-0.25, -0.2) is 0 Å². The first kappa shape index (κ1) is 20.9. The first-order chi connectivity index (χ1) is 14.0. The van der Waals surface area contributed by atoms with Gasteiger partial charge in [-0.1, -0.05) is 32.0 Å². The average molecular weight is 394 g/mol. The minimum Gasteiger partial charge on any atom is -0.376 e. The SMILES string of the molecule is CCc1ccccc1NC(=O)CNc1ccc(C(=O)N2CCCC(C)C2)cc1C. The van der Waals surface area contributed by atoms with Crippen LogP contribution in [0.15, 0.2) is 42.5 Å². The number of carbonyl (C=O) groups excluding carboxylic acids is 2. The average Bonchev–Trinajstić information content (AvgIpc) is 2.72. The van der Waals surface area contributed by atoms with Crippen molar-refractivity contribution in [3.05, 3.63) is 59.2 Å². The molecule has 0 aromatic heterocycles. The van der Waals surface area contributed by atoms with Crippen LogP contribution >= 0.6 is 0 Å². The van der Waals surface area contributed by atoms with Crippen molar-refractivity contribution >= 4 is 23.2 Å². The van der Waals surface area contributed by atoms with Crippen molar-refractivity contribution in [1.29, 1.82) is 0 Å². The molecule has 1 heterocycles. The molecule has 1 atom stereocenters. The van der Waals surface area contributed by atoms with Crippen molar-refractivity contribution in [1.82, 2.24) is 4.90 Å². The van der Waals surface area contributed by atoms with Gasteiger partial charge in [0.15, 0.2) is 0 Å². The molecule has 3 rings (SSSR count). The van der Waals surface area contributed by atoms with Gasteiger partial charge in [0.2, 0.25) is 5.91 Å². The van der Waals surface area contributed by atoms with Crippen LogP contribution in [0, 0.1) is 12.8 Å². The second kappa shape index (κ2) is 9.59. The number of likely N-dealkylation sites (tertiary alicyclic amines) is 1. The van der Waals surface area contributed by atoms with Crippen LogP contribution in [0.5, 0.6) is 0 Å². The highest BCUT2D eigenvalue weighted by atomic mass is 16.2. The van der Waals surface area contributed by atoms with Gasteiger partial charge in [0, 0.05) is 30.0 Å². The summed E-state index contributed by atoms with van der Waals surface area (Å²) in [5, 5.41) is 6.15. The quantitative estimate of drug-likeness (QED) is 0.761. The van der Waals surface area contributed by atoms with Crippen molar-refractivity contribution in [3.8, 4) is 0 Å². The monoisotopic (exact) mass is 393 g/mol. The summed E-state index contributed by atoms with van der Waals surface area (Å²) in [4.78, 5) is 27.1. The molecule has 1 fully saturated rings. The van der Waals surface area contributed by atoms with Gasteiger partial charge in [-0.05, 0) is 67.5 Å². The number of nitrogens with one attached hydrogen (secondary N) is 2. The lowest BCUT2D eigenvalue weighted by Gasteiger charge is -2.31. The van der Waals surface area contributed by atoms with Gasteiger partial charge < -0.3 is 15.5 Å². The molecule has 1 aliphatic heterocycles. The molecule has 0 spiro atoms. The number of piperidine rings is 1. The molecule has 2 N–H and O–H groups in total. The topological polar surface area (TPSA) is 61.4 Å². The molecule has 2 aromatic rings. The van der Waals surface area contributed by atoms with Crippen LogP contribution in [0.2, 0.25) is 0 Å². The third-order valence-corrected chi connectivity index (χ3v) is 5.53. The summed E-state index contributed by atoms with van der Waals surface area (Å²) >= 11 is 0. The number of hydrogen-bond acceptors (Lipinski definition) is 3. The summed E-state index contributed by atoms with van der Waals surface area (Å²) in [6, 6.07) is 13.5. The van der Waals surface area contributed by atoms with Gasteiger partial charge in [-0.2, -0.15) is 0 Å². The molecule has 0 saturated carbocycles. The fourth-order valence-corrected chi connectivity index (χ4v) is 3.87. The predicted molar refractivity (Wildman–Crippen MR) is 118 cm³/mol. The second-order valence-corrected chi connectivity index (χ2v) is 7.94. The molecule has 154 valence electrons. The van der Waals surface area contributed by atoms with Gasteiger partial charge in [0.05, 0.1) is 6.54 Å². The Kier molecular flexibility index (Phi) is 6.91. The summed E-state index contributed by atoms with van der Waals surface area (Å²) in [5.41, 5.74) is 4.51. The lowest BCUT2D eigenvalue weighted by molar-refractivity contribution is -0.114. The van der Waals surface area contributed by atoms with Gasteiger partial charge in [-0.15, -0.1) is 0 Å². The summed E-state index contributed by atoms with van der Waals surface area (Å²) in [6.45, 7) is 8.07. The largest absolute Gasteiger partial charge is 0.376 e. The maximum absolute atomic E-state index is 12.8. The molecule has 0 radical (unpaired) electrons. The van der Waals surface area contributed by atoms with Crippen LogP contribution < -0.4 is 10.6 Å². The van der Waals surface area contributed by atoms with Crippen LogP contribution in [-0.2, 0) is 11.2 Å². The van der Waals surface area contributed by atoms with Crippen LogP contribution in [-0.4, -0.2) is 36.3 Å². The van der Waals surface area contributed by atoms with E-state index in [-0.39, 0.29) is 18.4 Å². The minimum atomic E-state index is -0.0900. The molecule has 1 saturated heterocycles. The van der Waals surface area contributed by atoms with E-state index in [4.69, 9.17) is 0 Å². The molecule has 0 bridgehead atoms. The number of hydrogen-bond donors (Lipinski definition) is 2. The molecular formula is C24H31N3O2. The normalized spacial score (nSPS) is 16.4. The van der Waals surface area contributed by atoms with Crippen LogP contribution in [0.1, 0.15) is 48.2 Å². The molecule has 5 heteroatoms. The third kappa shape index (κ3) is 5.37. The van der Waals surface area contributed by atoms with E-state index in [2.05, 4.69) is 24.5 Å². The molecule has 0 aliphatic carbocycles. The summed E-state index contributed by atoms with van der Waals surface area (Å²) < 4.78 is 0. The van der Waals surface area contributed by atoms with Crippen LogP contribution in [0.4, 0.5) is 11.4 Å².